The van der Waals surface area contributed by atoms with Crippen molar-refractivity contribution in [3.8, 4) is 0 Å². The first kappa shape index (κ1) is 19.5. The highest BCUT2D eigenvalue weighted by Crippen LogP contribution is 2.28. The molecule has 5 nitrogen and oxygen atoms in total. The second-order valence-electron chi connectivity index (χ2n) is 8.18. The summed E-state index contributed by atoms with van der Waals surface area (Å²) < 4.78 is 0. The quantitative estimate of drug-likeness (QED) is 0.739. The zero-order chi connectivity index (χ0) is 20.3. The van der Waals surface area contributed by atoms with Gasteiger partial charge in [0.15, 0.2) is 0 Å². The maximum Gasteiger partial charge on any atom is 0.201 e. The summed E-state index contributed by atoms with van der Waals surface area (Å²) >= 11 is 0. The molecule has 2 heterocycles. The SMILES string of the molecule is CNC1(C)C=C(Nc2ccc(C)cc2)NC(N2CCC(c3ccccc3)CC2)=N1. The molecule has 2 aliphatic rings. The Hall–Kier alpha value is -2.79. The van der Waals surface area contributed by atoms with Crippen molar-refractivity contribution in [2.45, 2.75) is 38.3 Å². The van der Waals surface area contributed by atoms with Crippen LogP contribution in [0.15, 0.2) is 71.5 Å². The first-order chi connectivity index (χ1) is 14.0. The fourth-order valence-corrected chi connectivity index (χ4v) is 4.01. The molecule has 3 N–H and O–H groups in total. The van der Waals surface area contributed by atoms with Gasteiger partial charge in [0.2, 0.25) is 5.96 Å². The van der Waals surface area contributed by atoms with Gasteiger partial charge in [0, 0.05) is 18.8 Å². The Labute approximate surface area is 173 Å². The van der Waals surface area contributed by atoms with Crippen LogP contribution in [0.5, 0.6) is 0 Å². The van der Waals surface area contributed by atoms with E-state index in [1.54, 1.807) is 0 Å². The van der Waals surface area contributed by atoms with Crippen LogP contribution in [0.2, 0.25) is 0 Å². The molecule has 0 spiro atoms. The minimum absolute atomic E-state index is 0.441. The van der Waals surface area contributed by atoms with Gasteiger partial charge in [0.1, 0.15) is 11.5 Å². The molecule has 0 radical (unpaired) electrons. The van der Waals surface area contributed by atoms with Crippen molar-refractivity contribution in [2.24, 2.45) is 4.99 Å². The number of aliphatic imine (C=N–C) groups is 1. The number of hydrogen-bond donors (Lipinski definition) is 3. The minimum atomic E-state index is -0.441. The van der Waals surface area contributed by atoms with Crippen molar-refractivity contribution in [1.82, 2.24) is 15.5 Å². The van der Waals surface area contributed by atoms with Crippen molar-refractivity contribution < 1.29 is 0 Å². The van der Waals surface area contributed by atoms with Crippen LogP contribution < -0.4 is 16.0 Å². The standard InChI is InChI=1S/C24H31N5/c1-18-9-11-21(12-10-18)26-22-17-24(2,25-3)28-23(27-22)29-15-13-20(14-16-29)19-7-5-4-6-8-19/h4-12,17,20,25-26H,13-16H2,1-3H3,(H,27,28). The Morgan fingerprint density at radius 3 is 2.38 bits per heavy atom. The summed E-state index contributed by atoms with van der Waals surface area (Å²) in [5.41, 5.74) is 3.33. The topological polar surface area (TPSA) is 51.7 Å². The van der Waals surface area contributed by atoms with E-state index in [1.807, 2.05) is 7.05 Å². The van der Waals surface area contributed by atoms with Crippen LogP contribution >= 0.6 is 0 Å². The Morgan fingerprint density at radius 2 is 1.72 bits per heavy atom. The van der Waals surface area contributed by atoms with E-state index >= 15 is 0 Å². The average Bonchev–Trinajstić information content (AvgIpc) is 2.76. The molecule has 1 unspecified atom stereocenters. The van der Waals surface area contributed by atoms with Gasteiger partial charge in [0.25, 0.3) is 0 Å². The van der Waals surface area contributed by atoms with Crippen molar-refractivity contribution in [1.29, 1.82) is 0 Å². The predicted molar refractivity (Wildman–Crippen MR) is 121 cm³/mol. The lowest BCUT2D eigenvalue weighted by Gasteiger charge is -2.38. The van der Waals surface area contributed by atoms with Crippen LogP contribution in [-0.2, 0) is 0 Å². The number of nitrogens with one attached hydrogen (secondary N) is 3. The second-order valence-corrected chi connectivity index (χ2v) is 8.18. The van der Waals surface area contributed by atoms with Crippen LogP contribution in [0, 0.1) is 6.92 Å². The molecule has 1 fully saturated rings. The second kappa shape index (κ2) is 8.29. The average molecular weight is 390 g/mol. The van der Waals surface area contributed by atoms with Crippen LogP contribution in [0.3, 0.4) is 0 Å². The summed E-state index contributed by atoms with van der Waals surface area (Å²) in [7, 11) is 1.95. The van der Waals surface area contributed by atoms with E-state index in [9.17, 15) is 0 Å². The van der Waals surface area contributed by atoms with Gasteiger partial charge in [0.05, 0.1) is 0 Å². The molecule has 1 atom stereocenters. The number of nitrogens with zero attached hydrogens (tertiary/aromatic N) is 2. The maximum absolute atomic E-state index is 4.96. The van der Waals surface area contributed by atoms with Crippen LogP contribution in [0.25, 0.3) is 0 Å². The molecule has 152 valence electrons. The lowest BCUT2D eigenvalue weighted by Crippen LogP contribution is -2.52. The fraction of sp³-hybridized carbons (Fsp3) is 0.375. The summed E-state index contributed by atoms with van der Waals surface area (Å²) in [6.07, 6.45) is 4.39. The summed E-state index contributed by atoms with van der Waals surface area (Å²) in [4.78, 5) is 7.34. The number of likely N-dealkylation sites (tertiary alicyclic amines) is 1. The van der Waals surface area contributed by atoms with Crippen molar-refractivity contribution >= 4 is 11.6 Å². The number of likely N-dealkylation sites (N-methyl/N-ethyl adjacent to an activating group) is 1. The zero-order valence-corrected chi connectivity index (χ0v) is 17.6. The van der Waals surface area contributed by atoms with E-state index in [1.165, 1.54) is 11.1 Å². The van der Waals surface area contributed by atoms with Gasteiger partial charge in [-0.15, -0.1) is 0 Å². The molecule has 1 saturated heterocycles. The number of guanidine groups is 1. The highest BCUT2D eigenvalue weighted by molar-refractivity contribution is 5.84. The number of piperidine rings is 1. The van der Waals surface area contributed by atoms with E-state index in [0.717, 1.165) is 43.4 Å². The maximum atomic E-state index is 4.96. The first-order valence-corrected chi connectivity index (χ1v) is 10.5. The third-order valence-corrected chi connectivity index (χ3v) is 5.91. The number of anilines is 1. The van der Waals surface area contributed by atoms with Crippen molar-refractivity contribution in [3.05, 3.63) is 77.6 Å². The monoisotopic (exact) mass is 389 g/mol. The van der Waals surface area contributed by atoms with Crippen LogP contribution in [0.1, 0.15) is 36.8 Å². The molecular formula is C24H31N5. The number of aryl methyl sites for hydroxylation is 1. The smallest absolute Gasteiger partial charge is 0.201 e. The molecular weight excluding hydrogens is 358 g/mol. The molecule has 0 bridgehead atoms. The largest absolute Gasteiger partial charge is 0.343 e. The van der Waals surface area contributed by atoms with Gasteiger partial charge in [-0.1, -0.05) is 48.0 Å². The summed E-state index contributed by atoms with van der Waals surface area (Å²) in [6.45, 7) is 6.21. The van der Waals surface area contributed by atoms with Crippen LogP contribution in [-0.4, -0.2) is 36.7 Å². The van der Waals surface area contributed by atoms with Crippen molar-refractivity contribution in [3.63, 3.8) is 0 Å². The molecule has 2 aromatic carbocycles. The van der Waals surface area contributed by atoms with E-state index in [0.29, 0.717) is 5.92 Å². The van der Waals surface area contributed by atoms with Gasteiger partial charge in [-0.3, -0.25) is 5.32 Å². The van der Waals surface area contributed by atoms with Gasteiger partial charge in [-0.05, 0) is 63.4 Å². The molecule has 0 saturated carbocycles. The molecule has 0 amide bonds. The van der Waals surface area contributed by atoms with E-state index in [-0.39, 0.29) is 0 Å². The van der Waals surface area contributed by atoms with Crippen molar-refractivity contribution in [2.75, 3.05) is 25.5 Å². The summed E-state index contributed by atoms with van der Waals surface area (Å²) in [5.74, 6) is 2.53. The first-order valence-electron chi connectivity index (χ1n) is 10.5. The Morgan fingerprint density at radius 1 is 1.03 bits per heavy atom. The summed E-state index contributed by atoms with van der Waals surface area (Å²) in [5, 5.41) is 10.4. The molecule has 2 aromatic rings. The van der Waals surface area contributed by atoms with Gasteiger partial charge in [-0.2, -0.15) is 0 Å². The predicted octanol–water partition coefficient (Wildman–Crippen LogP) is 4.02. The molecule has 0 aliphatic carbocycles. The fourth-order valence-electron chi connectivity index (χ4n) is 4.01. The normalized spacial score (nSPS) is 22.5. The molecule has 0 aromatic heterocycles. The number of benzene rings is 2. The molecule has 2 aliphatic heterocycles. The van der Waals surface area contributed by atoms with E-state index in [2.05, 4.69) is 95.4 Å². The summed E-state index contributed by atoms with van der Waals surface area (Å²) in [6, 6.07) is 19.3. The third-order valence-electron chi connectivity index (χ3n) is 5.91. The Balaban J connectivity index is 1.45. The highest BCUT2D eigenvalue weighted by atomic mass is 15.4. The lowest BCUT2D eigenvalue weighted by molar-refractivity contribution is 0.300. The van der Waals surface area contributed by atoms with Crippen LogP contribution in [0.4, 0.5) is 5.69 Å². The van der Waals surface area contributed by atoms with E-state index < -0.39 is 5.66 Å². The zero-order valence-electron chi connectivity index (χ0n) is 17.6. The third kappa shape index (κ3) is 4.62. The highest BCUT2D eigenvalue weighted by Gasteiger charge is 2.30. The lowest BCUT2D eigenvalue weighted by atomic mass is 9.89. The van der Waals surface area contributed by atoms with Gasteiger partial charge >= 0.3 is 0 Å². The number of hydrogen-bond acceptors (Lipinski definition) is 5. The molecule has 29 heavy (non-hydrogen) atoms. The minimum Gasteiger partial charge on any atom is -0.343 e. The van der Waals surface area contributed by atoms with E-state index in [4.69, 9.17) is 4.99 Å². The Kier molecular flexibility index (Phi) is 5.58. The number of rotatable bonds is 4. The Bertz CT molecular complexity index is 879. The molecule has 5 heteroatoms. The molecule has 4 rings (SSSR count). The van der Waals surface area contributed by atoms with Gasteiger partial charge < -0.3 is 15.5 Å². The van der Waals surface area contributed by atoms with Gasteiger partial charge in [-0.25, -0.2) is 4.99 Å².